The van der Waals surface area contributed by atoms with Crippen molar-refractivity contribution in [3.63, 3.8) is 0 Å². The zero-order valence-electron chi connectivity index (χ0n) is 15.0. The van der Waals surface area contributed by atoms with Gasteiger partial charge in [-0.25, -0.2) is 4.39 Å². The Kier molecular flexibility index (Phi) is 6.11. The van der Waals surface area contributed by atoms with E-state index in [0.717, 1.165) is 29.5 Å². The summed E-state index contributed by atoms with van der Waals surface area (Å²) >= 11 is 0.851. The van der Waals surface area contributed by atoms with Gasteiger partial charge in [-0.15, -0.1) is 0 Å². The summed E-state index contributed by atoms with van der Waals surface area (Å²) in [5.74, 6) is -0.471. The van der Waals surface area contributed by atoms with Crippen LogP contribution in [0.15, 0.2) is 41.3 Å². The molecule has 0 aromatic heterocycles. The highest BCUT2D eigenvalue weighted by Gasteiger charge is 2.34. The Balaban J connectivity index is 1.54. The number of carbonyl (C=O) groups is 3. The van der Waals surface area contributed by atoms with Crippen LogP contribution in [0.1, 0.15) is 25.3 Å². The van der Waals surface area contributed by atoms with Gasteiger partial charge in [0.2, 0.25) is 5.91 Å². The summed E-state index contributed by atoms with van der Waals surface area (Å²) in [6.45, 7) is 2.44. The van der Waals surface area contributed by atoms with Gasteiger partial charge in [-0.05, 0) is 54.3 Å². The van der Waals surface area contributed by atoms with Crippen LogP contribution in [0.25, 0.3) is 6.08 Å². The van der Waals surface area contributed by atoms with Gasteiger partial charge < -0.3 is 5.32 Å². The molecule has 1 aliphatic heterocycles. The Hall–Kier alpha value is -2.41. The number of nitrogens with zero attached hydrogens (tertiary/aromatic N) is 1. The first-order valence-electron chi connectivity index (χ1n) is 8.89. The summed E-state index contributed by atoms with van der Waals surface area (Å²) in [7, 11) is 0. The van der Waals surface area contributed by atoms with Crippen molar-refractivity contribution in [3.8, 4) is 0 Å². The lowest BCUT2D eigenvalue weighted by Crippen LogP contribution is -2.39. The van der Waals surface area contributed by atoms with Gasteiger partial charge in [0.15, 0.2) is 0 Å². The molecule has 1 saturated heterocycles. The quantitative estimate of drug-likeness (QED) is 0.618. The van der Waals surface area contributed by atoms with E-state index in [0.29, 0.717) is 16.4 Å². The molecule has 1 aromatic carbocycles. The van der Waals surface area contributed by atoms with Crippen molar-refractivity contribution in [2.75, 3.05) is 13.1 Å². The van der Waals surface area contributed by atoms with E-state index in [9.17, 15) is 18.8 Å². The molecule has 1 heterocycles. The predicted molar refractivity (Wildman–Crippen MR) is 103 cm³/mol. The maximum atomic E-state index is 13.0. The number of amides is 3. The normalized spacial score (nSPS) is 23.9. The Morgan fingerprint density at radius 2 is 2.07 bits per heavy atom. The van der Waals surface area contributed by atoms with Gasteiger partial charge in [0.25, 0.3) is 11.1 Å². The minimum absolute atomic E-state index is 0.0416. The fourth-order valence-corrected chi connectivity index (χ4v) is 4.02. The van der Waals surface area contributed by atoms with E-state index < -0.39 is 5.91 Å². The number of carbonyl (C=O) groups excluding carboxylic acids is 3. The van der Waals surface area contributed by atoms with Gasteiger partial charge in [-0.2, -0.15) is 0 Å². The molecule has 0 radical (unpaired) electrons. The van der Waals surface area contributed by atoms with Crippen LogP contribution >= 0.6 is 11.8 Å². The Labute approximate surface area is 161 Å². The van der Waals surface area contributed by atoms with Crippen molar-refractivity contribution in [2.24, 2.45) is 11.8 Å². The zero-order chi connectivity index (χ0) is 19.4. The first-order valence-corrected chi connectivity index (χ1v) is 9.71. The van der Waals surface area contributed by atoms with Crippen LogP contribution in [0.4, 0.5) is 9.18 Å². The van der Waals surface area contributed by atoms with Crippen LogP contribution in [-0.2, 0) is 9.59 Å². The zero-order valence-corrected chi connectivity index (χ0v) is 15.8. The number of hydrogen-bond donors (Lipinski definition) is 1. The van der Waals surface area contributed by atoms with Crippen molar-refractivity contribution in [1.29, 1.82) is 0 Å². The van der Waals surface area contributed by atoms with E-state index in [-0.39, 0.29) is 36.0 Å². The molecule has 27 heavy (non-hydrogen) atoms. The molecule has 2 aliphatic rings. The van der Waals surface area contributed by atoms with Crippen molar-refractivity contribution in [3.05, 3.63) is 52.7 Å². The smallest absolute Gasteiger partial charge is 0.293 e. The minimum atomic E-state index is -0.391. The summed E-state index contributed by atoms with van der Waals surface area (Å²) in [5, 5.41) is 2.46. The maximum absolute atomic E-state index is 13.0. The molecule has 0 saturated carbocycles. The molecule has 1 N–H and O–H groups in total. The van der Waals surface area contributed by atoms with E-state index in [4.69, 9.17) is 0 Å². The Morgan fingerprint density at radius 1 is 1.33 bits per heavy atom. The third-order valence-corrected chi connectivity index (χ3v) is 5.50. The summed E-state index contributed by atoms with van der Waals surface area (Å²) in [4.78, 5) is 38.2. The topological polar surface area (TPSA) is 66.5 Å². The predicted octanol–water partition coefficient (Wildman–Crippen LogP) is 3.58. The molecule has 5 nitrogen and oxygen atoms in total. The number of rotatable bonds is 5. The van der Waals surface area contributed by atoms with Crippen LogP contribution in [0, 0.1) is 17.7 Å². The molecule has 0 bridgehead atoms. The van der Waals surface area contributed by atoms with Crippen LogP contribution in [0.5, 0.6) is 0 Å². The number of benzene rings is 1. The summed E-state index contributed by atoms with van der Waals surface area (Å²) < 4.78 is 13.0. The summed E-state index contributed by atoms with van der Waals surface area (Å²) in [6, 6.07) is 5.69. The highest BCUT2D eigenvalue weighted by atomic mass is 32.2. The molecule has 1 aliphatic carbocycles. The molecule has 1 unspecified atom stereocenters. The maximum Gasteiger partial charge on any atom is 0.293 e. The van der Waals surface area contributed by atoms with Crippen molar-refractivity contribution >= 4 is 34.9 Å². The van der Waals surface area contributed by atoms with Gasteiger partial charge in [-0.3, -0.25) is 19.3 Å². The molecule has 1 aromatic rings. The lowest BCUT2D eigenvalue weighted by atomic mass is 9.87. The third kappa shape index (κ3) is 4.86. The molecule has 1 fully saturated rings. The number of imide groups is 1. The first kappa shape index (κ1) is 19.4. The van der Waals surface area contributed by atoms with E-state index in [2.05, 4.69) is 18.3 Å². The third-order valence-electron chi connectivity index (χ3n) is 4.59. The molecule has 2 atom stereocenters. The van der Waals surface area contributed by atoms with Crippen LogP contribution < -0.4 is 5.32 Å². The van der Waals surface area contributed by atoms with Gasteiger partial charge in [0.1, 0.15) is 5.82 Å². The summed E-state index contributed by atoms with van der Waals surface area (Å²) in [5.41, 5.74) is 0.648. The second kappa shape index (κ2) is 8.52. The minimum Gasteiger partial charge on any atom is -0.354 e. The average molecular weight is 388 g/mol. The lowest BCUT2D eigenvalue weighted by molar-refractivity contribution is -0.126. The van der Waals surface area contributed by atoms with Crippen LogP contribution in [0.2, 0.25) is 0 Å². The van der Waals surface area contributed by atoms with E-state index in [1.807, 2.05) is 6.08 Å². The van der Waals surface area contributed by atoms with Gasteiger partial charge in [-0.1, -0.05) is 31.2 Å². The van der Waals surface area contributed by atoms with Crippen LogP contribution in [-0.4, -0.2) is 35.0 Å². The largest absolute Gasteiger partial charge is 0.354 e. The monoisotopic (exact) mass is 388 g/mol. The highest BCUT2D eigenvalue weighted by molar-refractivity contribution is 8.18. The first-order chi connectivity index (χ1) is 12.9. The summed E-state index contributed by atoms with van der Waals surface area (Å²) in [6.07, 6.45) is 7.23. The molecule has 0 spiro atoms. The van der Waals surface area contributed by atoms with Crippen molar-refractivity contribution in [2.45, 2.75) is 19.8 Å². The molecular weight excluding hydrogens is 367 g/mol. The molecule has 142 valence electrons. The van der Waals surface area contributed by atoms with Crippen molar-refractivity contribution in [1.82, 2.24) is 10.2 Å². The Morgan fingerprint density at radius 3 is 2.78 bits per heavy atom. The van der Waals surface area contributed by atoms with E-state index in [1.54, 1.807) is 18.2 Å². The van der Waals surface area contributed by atoms with Crippen LogP contribution in [0.3, 0.4) is 0 Å². The standard InChI is InChI=1S/C20H21FN2O3S/c1-13-3-2-4-15(11-13)18(24)22-9-10-23-19(25)17(27-20(23)26)12-14-5-7-16(21)8-6-14/h2-3,5-8,12-13,15H,4,9-11H2,1H3,(H,22,24)/b17-12-/t13?,15-/m1/s1. The van der Waals surface area contributed by atoms with Gasteiger partial charge >= 0.3 is 0 Å². The van der Waals surface area contributed by atoms with Gasteiger partial charge in [0, 0.05) is 19.0 Å². The van der Waals surface area contributed by atoms with E-state index in [1.165, 1.54) is 12.1 Å². The highest BCUT2D eigenvalue weighted by Crippen LogP contribution is 2.32. The lowest BCUT2D eigenvalue weighted by Gasteiger charge is -2.22. The average Bonchev–Trinajstić information content (AvgIpc) is 2.91. The number of halogens is 1. The fraction of sp³-hybridized carbons (Fsp3) is 0.350. The molecule has 7 heteroatoms. The molecular formula is C20H21FN2O3S. The number of nitrogens with one attached hydrogen (secondary N) is 1. The number of allylic oxidation sites excluding steroid dienone is 2. The van der Waals surface area contributed by atoms with Gasteiger partial charge in [0.05, 0.1) is 4.91 Å². The van der Waals surface area contributed by atoms with Crippen molar-refractivity contribution < 1.29 is 18.8 Å². The van der Waals surface area contributed by atoms with E-state index >= 15 is 0 Å². The molecule has 3 rings (SSSR count). The SMILES string of the molecule is CC1C=CC[C@@H](C(=O)NCCN2C(=O)S/C(=C\c3ccc(F)cc3)C2=O)C1. The molecule has 3 amide bonds. The number of hydrogen-bond acceptors (Lipinski definition) is 4. The second-order valence-corrected chi connectivity index (χ2v) is 7.74. The number of thioether (sulfide) groups is 1. The fourth-order valence-electron chi connectivity index (χ4n) is 3.15. The second-order valence-electron chi connectivity index (χ2n) is 6.75. The Bertz CT molecular complexity index is 804.